The number of nitrogens with zero attached hydrogens (tertiary/aromatic N) is 2. The summed E-state index contributed by atoms with van der Waals surface area (Å²) in [7, 11) is 0. The summed E-state index contributed by atoms with van der Waals surface area (Å²) >= 11 is 0. The molecule has 0 saturated heterocycles. The number of nitriles is 1. The maximum Gasteiger partial charge on any atom is 0.140 e. The van der Waals surface area contributed by atoms with E-state index < -0.39 is 0 Å². The van der Waals surface area contributed by atoms with E-state index in [0.29, 0.717) is 17.5 Å². The van der Waals surface area contributed by atoms with Crippen LogP contribution in [-0.4, -0.2) is 4.98 Å². The first-order valence-electron chi connectivity index (χ1n) is 4.51. The lowest BCUT2D eigenvalue weighted by atomic mass is 9.91. The molecule has 13 heavy (non-hydrogen) atoms. The van der Waals surface area contributed by atoms with Crippen LogP contribution in [0, 0.1) is 17.2 Å². The molecule has 1 rings (SSSR count). The second kappa shape index (κ2) is 4.04. The molecule has 68 valence electrons. The molecule has 0 amide bonds. The highest BCUT2D eigenvalue weighted by atomic mass is 14.7. The molecule has 0 aliphatic heterocycles. The third-order valence-electron chi connectivity index (χ3n) is 2.42. The summed E-state index contributed by atoms with van der Waals surface area (Å²) in [5.74, 6) is 1.07. The van der Waals surface area contributed by atoms with Crippen molar-refractivity contribution in [2.75, 3.05) is 0 Å². The lowest BCUT2D eigenvalue weighted by Gasteiger charge is -2.15. The van der Waals surface area contributed by atoms with E-state index in [2.05, 4.69) is 31.8 Å². The van der Waals surface area contributed by atoms with Crippen LogP contribution in [0.1, 0.15) is 37.9 Å². The van der Waals surface area contributed by atoms with Crippen LogP contribution in [0.5, 0.6) is 0 Å². The van der Waals surface area contributed by atoms with Crippen LogP contribution < -0.4 is 0 Å². The molecule has 1 unspecified atom stereocenters. The summed E-state index contributed by atoms with van der Waals surface area (Å²) in [5.41, 5.74) is 1.70. The van der Waals surface area contributed by atoms with Gasteiger partial charge in [0.05, 0.1) is 0 Å². The zero-order valence-corrected chi connectivity index (χ0v) is 8.28. The van der Waals surface area contributed by atoms with Gasteiger partial charge >= 0.3 is 0 Å². The predicted octanol–water partition coefficient (Wildman–Crippen LogP) is 2.71. The molecular weight excluding hydrogens is 160 g/mol. The van der Waals surface area contributed by atoms with Crippen molar-refractivity contribution in [3.8, 4) is 6.07 Å². The van der Waals surface area contributed by atoms with Gasteiger partial charge in [-0.05, 0) is 29.5 Å². The minimum Gasteiger partial charge on any atom is -0.246 e. The van der Waals surface area contributed by atoms with Gasteiger partial charge < -0.3 is 0 Å². The van der Waals surface area contributed by atoms with Crippen LogP contribution in [0.25, 0.3) is 0 Å². The summed E-state index contributed by atoms with van der Waals surface area (Å²) in [6, 6.07) is 5.89. The zero-order valence-electron chi connectivity index (χ0n) is 8.28. The summed E-state index contributed by atoms with van der Waals surface area (Å²) in [6.45, 7) is 6.52. The van der Waals surface area contributed by atoms with Gasteiger partial charge in [0.25, 0.3) is 0 Å². The number of hydrogen-bond acceptors (Lipinski definition) is 2. The van der Waals surface area contributed by atoms with Gasteiger partial charge in [-0.2, -0.15) is 5.26 Å². The number of aromatic nitrogens is 1. The van der Waals surface area contributed by atoms with E-state index in [4.69, 9.17) is 5.26 Å². The Morgan fingerprint density at radius 3 is 2.62 bits per heavy atom. The van der Waals surface area contributed by atoms with E-state index in [1.165, 1.54) is 5.56 Å². The first-order valence-corrected chi connectivity index (χ1v) is 4.51. The van der Waals surface area contributed by atoms with Gasteiger partial charge in [-0.25, -0.2) is 4.98 Å². The van der Waals surface area contributed by atoms with Gasteiger partial charge in [0.2, 0.25) is 0 Å². The second-order valence-corrected chi connectivity index (χ2v) is 3.62. The van der Waals surface area contributed by atoms with Crippen LogP contribution in [-0.2, 0) is 0 Å². The molecule has 0 aliphatic carbocycles. The molecular formula is C11H14N2. The molecule has 0 spiro atoms. The highest BCUT2D eigenvalue weighted by Crippen LogP contribution is 2.23. The Labute approximate surface area is 79.2 Å². The molecule has 0 bridgehead atoms. The zero-order chi connectivity index (χ0) is 9.84. The maximum atomic E-state index is 8.67. The van der Waals surface area contributed by atoms with Crippen molar-refractivity contribution >= 4 is 0 Å². The third kappa shape index (κ3) is 2.29. The quantitative estimate of drug-likeness (QED) is 0.691. The largest absolute Gasteiger partial charge is 0.246 e. The van der Waals surface area contributed by atoms with Crippen molar-refractivity contribution in [3.63, 3.8) is 0 Å². The van der Waals surface area contributed by atoms with Gasteiger partial charge in [0.15, 0.2) is 0 Å². The first kappa shape index (κ1) is 9.73. The highest BCUT2D eigenvalue weighted by molar-refractivity contribution is 5.27. The van der Waals surface area contributed by atoms with Crippen molar-refractivity contribution in [2.24, 2.45) is 5.92 Å². The van der Waals surface area contributed by atoms with E-state index in [1.807, 2.05) is 12.1 Å². The number of hydrogen-bond donors (Lipinski definition) is 0. The second-order valence-electron chi connectivity index (χ2n) is 3.62. The van der Waals surface area contributed by atoms with Crippen LogP contribution in [0.3, 0.4) is 0 Å². The van der Waals surface area contributed by atoms with Crippen molar-refractivity contribution < 1.29 is 0 Å². The topological polar surface area (TPSA) is 36.7 Å². The van der Waals surface area contributed by atoms with Crippen molar-refractivity contribution in [1.29, 1.82) is 5.26 Å². The Morgan fingerprint density at radius 1 is 1.38 bits per heavy atom. The Hall–Kier alpha value is -1.36. The normalized spacial score (nSPS) is 12.5. The minimum atomic E-state index is 0.482. The predicted molar refractivity (Wildman–Crippen MR) is 52.2 cm³/mol. The Kier molecular flexibility index (Phi) is 3.02. The number of rotatable bonds is 2. The molecule has 1 aromatic rings. The van der Waals surface area contributed by atoms with Crippen LogP contribution in [0.15, 0.2) is 18.3 Å². The molecule has 0 N–H and O–H groups in total. The highest BCUT2D eigenvalue weighted by Gasteiger charge is 2.10. The molecule has 0 fully saturated rings. The summed E-state index contributed by atoms with van der Waals surface area (Å²) < 4.78 is 0. The molecule has 0 radical (unpaired) electrons. The molecule has 1 aromatic heterocycles. The lowest BCUT2D eigenvalue weighted by molar-refractivity contribution is 0.534. The molecule has 0 aliphatic rings. The van der Waals surface area contributed by atoms with Crippen molar-refractivity contribution in [3.05, 3.63) is 29.6 Å². The van der Waals surface area contributed by atoms with E-state index in [1.54, 1.807) is 6.20 Å². The average Bonchev–Trinajstić information content (AvgIpc) is 2.16. The standard InChI is InChI=1S/C11H14N2/c1-8(2)9(3)10-4-5-13-11(6-10)7-12/h4-6,8-9H,1-3H3. The monoisotopic (exact) mass is 174 g/mol. The van der Waals surface area contributed by atoms with Crippen LogP contribution in [0.2, 0.25) is 0 Å². The summed E-state index contributed by atoms with van der Waals surface area (Å²) in [5, 5.41) is 8.67. The Morgan fingerprint density at radius 2 is 2.08 bits per heavy atom. The van der Waals surface area contributed by atoms with Gasteiger partial charge in [-0.1, -0.05) is 20.8 Å². The summed E-state index contributed by atoms with van der Waals surface area (Å²) in [6.07, 6.45) is 1.70. The molecule has 0 aromatic carbocycles. The van der Waals surface area contributed by atoms with E-state index in [0.717, 1.165) is 0 Å². The van der Waals surface area contributed by atoms with Crippen molar-refractivity contribution in [2.45, 2.75) is 26.7 Å². The minimum absolute atomic E-state index is 0.482. The van der Waals surface area contributed by atoms with E-state index >= 15 is 0 Å². The van der Waals surface area contributed by atoms with Gasteiger partial charge in [0, 0.05) is 6.20 Å². The Balaban J connectivity index is 2.96. The molecule has 2 heteroatoms. The molecule has 1 heterocycles. The Bertz CT molecular complexity index is 323. The first-order chi connectivity index (χ1) is 6.15. The molecule has 1 atom stereocenters. The summed E-state index contributed by atoms with van der Waals surface area (Å²) in [4.78, 5) is 3.94. The van der Waals surface area contributed by atoms with Gasteiger partial charge in [-0.3, -0.25) is 0 Å². The van der Waals surface area contributed by atoms with Crippen molar-refractivity contribution in [1.82, 2.24) is 4.98 Å². The SMILES string of the molecule is CC(C)C(C)c1ccnc(C#N)c1. The van der Waals surface area contributed by atoms with Gasteiger partial charge in [0.1, 0.15) is 11.8 Å². The maximum absolute atomic E-state index is 8.67. The fourth-order valence-electron chi connectivity index (χ4n) is 1.18. The van der Waals surface area contributed by atoms with E-state index in [-0.39, 0.29) is 0 Å². The molecule has 0 saturated carbocycles. The smallest absolute Gasteiger partial charge is 0.140 e. The third-order valence-corrected chi connectivity index (χ3v) is 2.42. The fourth-order valence-corrected chi connectivity index (χ4v) is 1.18. The fraction of sp³-hybridized carbons (Fsp3) is 0.455. The van der Waals surface area contributed by atoms with E-state index in [9.17, 15) is 0 Å². The average molecular weight is 174 g/mol. The van der Waals surface area contributed by atoms with Crippen LogP contribution >= 0.6 is 0 Å². The number of pyridine rings is 1. The van der Waals surface area contributed by atoms with Crippen LogP contribution in [0.4, 0.5) is 0 Å². The van der Waals surface area contributed by atoms with Gasteiger partial charge in [-0.15, -0.1) is 0 Å². The molecule has 2 nitrogen and oxygen atoms in total. The lowest BCUT2D eigenvalue weighted by Crippen LogP contribution is -2.02.